The number of fused-ring (bicyclic) bond motifs is 1. The van der Waals surface area contributed by atoms with Gasteiger partial charge >= 0.3 is 12.2 Å². The van der Waals surface area contributed by atoms with E-state index in [0.29, 0.717) is 60.9 Å². The summed E-state index contributed by atoms with van der Waals surface area (Å²) >= 11 is 0. The standard InChI is InChI=1S/C33H30F3N5O2/c1-43-28-12-6-11-27(20-28)37-32(42)40-17-15-39(16-18-40)22-29-31(23-7-3-2-4-8-23)38-30-14-13-25(21-41(29)30)24-9-5-10-26(19-24)33(34,35)36/h2-14,19-21H,15-18,22H2,1H3,(H,37,42). The van der Waals surface area contributed by atoms with Gasteiger partial charge in [-0.3, -0.25) is 4.90 Å². The second kappa shape index (κ2) is 11.8. The third-order valence-corrected chi connectivity index (χ3v) is 7.64. The number of carbonyl (C=O) groups excluding carboxylic acids is 1. The number of urea groups is 1. The fourth-order valence-electron chi connectivity index (χ4n) is 5.34. The van der Waals surface area contributed by atoms with Crippen LogP contribution in [0.15, 0.2) is 97.2 Å². The molecule has 0 spiro atoms. The number of aromatic nitrogens is 2. The van der Waals surface area contributed by atoms with Gasteiger partial charge in [-0.2, -0.15) is 13.2 Å². The number of benzene rings is 3. The fraction of sp³-hybridized carbons (Fsp3) is 0.212. The van der Waals surface area contributed by atoms with E-state index in [2.05, 4.69) is 10.2 Å². The van der Waals surface area contributed by atoms with Gasteiger partial charge in [0.2, 0.25) is 0 Å². The molecule has 0 saturated carbocycles. The SMILES string of the molecule is COc1cccc(NC(=O)N2CCN(Cc3c(-c4ccccc4)nc4ccc(-c5cccc(C(F)(F)F)c5)cn34)CC2)c1. The van der Waals surface area contributed by atoms with Gasteiger partial charge in [0, 0.05) is 56.2 Å². The number of imidazole rings is 1. The van der Waals surface area contributed by atoms with Crippen molar-refractivity contribution >= 4 is 17.4 Å². The third-order valence-electron chi connectivity index (χ3n) is 7.64. The van der Waals surface area contributed by atoms with E-state index < -0.39 is 11.7 Å². The van der Waals surface area contributed by atoms with Crippen LogP contribution in [0.1, 0.15) is 11.3 Å². The van der Waals surface area contributed by atoms with Gasteiger partial charge in [-0.15, -0.1) is 0 Å². The van der Waals surface area contributed by atoms with Gasteiger partial charge in [0.15, 0.2) is 0 Å². The first kappa shape index (κ1) is 28.3. The van der Waals surface area contributed by atoms with Crippen molar-refractivity contribution < 1.29 is 22.7 Å². The van der Waals surface area contributed by atoms with Crippen molar-refractivity contribution in [2.75, 3.05) is 38.6 Å². The Kier molecular flexibility index (Phi) is 7.77. The number of anilines is 1. The normalized spacial score (nSPS) is 14.2. The molecule has 0 aliphatic carbocycles. The molecule has 0 unspecified atom stereocenters. The number of alkyl halides is 3. The van der Waals surface area contributed by atoms with Crippen LogP contribution in [0.4, 0.5) is 23.7 Å². The van der Waals surface area contributed by atoms with E-state index >= 15 is 0 Å². The predicted octanol–water partition coefficient (Wildman–Crippen LogP) is 7.05. The van der Waals surface area contributed by atoms with Crippen LogP contribution in [0.3, 0.4) is 0 Å². The maximum Gasteiger partial charge on any atom is 0.416 e. The lowest BCUT2D eigenvalue weighted by Gasteiger charge is -2.34. The van der Waals surface area contributed by atoms with E-state index in [1.165, 1.54) is 12.1 Å². The van der Waals surface area contributed by atoms with Crippen molar-refractivity contribution in [1.82, 2.24) is 19.2 Å². The minimum absolute atomic E-state index is 0.168. The number of ether oxygens (including phenoxy) is 1. The molecule has 2 aromatic heterocycles. The Morgan fingerprint density at radius 2 is 1.60 bits per heavy atom. The summed E-state index contributed by atoms with van der Waals surface area (Å²) in [5.74, 6) is 0.668. The Morgan fingerprint density at radius 1 is 0.860 bits per heavy atom. The molecule has 10 heteroatoms. The van der Waals surface area contributed by atoms with Crippen LogP contribution in [0, 0.1) is 0 Å². The molecule has 0 bridgehead atoms. The van der Waals surface area contributed by atoms with E-state index in [1.807, 2.05) is 65.2 Å². The molecule has 43 heavy (non-hydrogen) atoms. The molecule has 3 aromatic carbocycles. The highest BCUT2D eigenvalue weighted by Crippen LogP contribution is 2.33. The molecule has 1 N–H and O–H groups in total. The van der Waals surface area contributed by atoms with Gasteiger partial charge in [-0.1, -0.05) is 48.5 Å². The lowest BCUT2D eigenvalue weighted by molar-refractivity contribution is -0.137. The molecule has 7 nitrogen and oxygen atoms in total. The smallest absolute Gasteiger partial charge is 0.416 e. The second-order valence-corrected chi connectivity index (χ2v) is 10.4. The monoisotopic (exact) mass is 585 g/mol. The number of nitrogens with one attached hydrogen (secondary N) is 1. The average molecular weight is 586 g/mol. The summed E-state index contributed by atoms with van der Waals surface area (Å²) in [7, 11) is 1.58. The molecular weight excluding hydrogens is 555 g/mol. The first-order valence-electron chi connectivity index (χ1n) is 13.9. The predicted molar refractivity (Wildman–Crippen MR) is 160 cm³/mol. The molecule has 1 aliphatic rings. The van der Waals surface area contributed by atoms with Crippen LogP contribution in [-0.4, -0.2) is 58.5 Å². The van der Waals surface area contributed by atoms with Crippen LogP contribution < -0.4 is 10.1 Å². The fourth-order valence-corrected chi connectivity index (χ4v) is 5.34. The lowest BCUT2D eigenvalue weighted by Crippen LogP contribution is -2.49. The van der Waals surface area contributed by atoms with Crippen LogP contribution in [0.2, 0.25) is 0 Å². The summed E-state index contributed by atoms with van der Waals surface area (Å²) in [5.41, 5.74) is 4.54. The molecule has 5 aromatic rings. The van der Waals surface area contributed by atoms with Crippen molar-refractivity contribution in [1.29, 1.82) is 0 Å². The molecular formula is C33H30F3N5O2. The highest BCUT2D eigenvalue weighted by atomic mass is 19.4. The van der Waals surface area contributed by atoms with Gasteiger partial charge in [0.25, 0.3) is 0 Å². The van der Waals surface area contributed by atoms with Gasteiger partial charge in [0.1, 0.15) is 11.4 Å². The number of carbonyl (C=O) groups is 1. The number of halogens is 3. The van der Waals surface area contributed by atoms with Crippen LogP contribution >= 0.6 is 0 Å². The number of pyridine rings is 1. The highest BCUT2D eigenvalue weighted by molar-refractivity contribution is 5.89. The topological polar surface area (TPSA) is 62.1 Å². The van der Waals surface area contributed by atoms with Gasteiger partial charge < -0.3 is 19.4 Å². The lowest BCUT2D eigenvalue weighted by atomic mass is 10.0. The van der Waals surface area contributed by atoms with Crippen molar-refractivity contribution in [3.05, 3.63) is 108 Å². The van der Waals surface area contributed by atoms with Gasteiger partial charge in [-0.05, 0) is 47.5 Å². The minimum Gasteiger partial charge on any atom is -0.497 e. The highest BCUT2D eigenvalue weighted by Gasteiger charge is 2.30. The Labute approximate surface area is 247 Å². The number of amides is 2. The zero-order chi connectivity index (χ0) is 30.0. The third kappa shape index (κ3) is 6.19. The largest absolute Gasteiger partial charge is 0.497 e. The molecule has 1 saturated heterocycles. The summed E-state index contributed by atoms with van der Waals surface area (Å²) in [6, 6.07) is 25.9. The summed E-state index contributed by atoms with van der Waals surface area (Å²) in [4.78, 5) is 21.9. The number of nitrogens with zero attached hydrogens (tertiary/aromatic N) is 4. The molecule has 220 valence electrons. The summed E-state index contributed by atoms with van der Waals surface area (Å²) < 4.78 is 47.5. The van der Waals surface area contributed by atoms with E-state index in [9.17, 15) is 18.0 Å². The first-order valence-corrected chi connectivity index (χ1v) is 13.9. The maximum atomic E-state index is 13.4. The van der Waals surface area contributed by atoms with Gasteiger partial charge in [0.05, 0.1) is 24.1 Å². The number of rotatable bonds is 6. The van der Waals surface area contributed by atoms with Crippen molar-refractivity contribution in [3.63, 3.8) is 0 Å². The maximum absolute atomic E-state index is 13.4. The van der Waals surface area contributed by atoms with Gasteiger partial charge in [-0.25, -0.2) is 9.78 Å². The summed E-state index contributed by atoms with van der Waals surface area (Å²) in [5, 5.41) is 2.94. The molecule has 1 aliphatic heterocycles. The average Bonchev–Trinajstić information content (AvgIpc) is 3.39. The quantitative estimate of drug-likeness (QED) is 0.232. The molecule has 3 heterocycles. The molecule has 2 amide bonds. The Hall–Kier alpha value is -4.83. The van der Waals surface area contributed by atoms with Crippen LogP contribution in [0.25, 0.3) is 28.0 Å². The zero-order valence-corrected chi connectivity index (χ0v) is 23.5. The van der Waals surface area contributed by atoms with Crippen molar-refractivity contribution in [3.8, 4) is 28.1 Å². The number of methoxy groups -OCH3 is 1. The van der Waals surface area contributed by atoms with Crippen molar-refractivity contribution in [2.24, 2.45) is 0 Å². The Morgan fingerprint density at radius 3 is 2.35 bits per heavy atom. The van der Waals surface area contributed by atoms with E-state index in [0.717, 1.165) is 23.0 Å². The molecule has 6 rings (SSSR count). The van der Waals surface area contributed by atoms with E-state index in [-0.39, 0.29) is 6.03 Å². The second-order valence-electron chi connectivity index (χ2n) is 10.4. The molecule has 0 atom stereocenters. The minimum atomic E-state index is -4.42. The molecule has 0 radical (unpaired) electrons. The van der Waals surface area contributed by atoms with Crippen LogP contribution in [-0.2, 0) is 12.7 Å². The number of hydrogen-bond donors (Lipinski definition) is 1. The Balaban J connectivity index is 1.25. The van der Waals surface area contributed by atoms with Crippen LogP contribution in [0.5, 0.6) is 5.75 Å². The number of hydrogen-bond acceptors (Lipinski definition) is 4. The number of piperazine rings is 1. The van der Waals surface area contributed by atoms with E-state index in [1.54, 1.807) is 30.2 Å². The zero-order valence-electron chi connectivity index (χ0n) is 23.5. The van der Waals surface area contributed by atoms with E-state index in [4.69, 9.17) is 9.72 Å². The first-order chi connectivity index (χ1) is 20.8. The summed E-state index contributed by atoms with van der Waals surface area (Å²) in [6.45, 7) is 2.95. The van der Waals surface area contributed by atoms with Crippen molar-refractivity contribution in [2.45, 2.75) is 12.7 Å². The summed E-state index contributed by atoms with van der Waals surface area (Å²) in [6.07, 6.45) is -2.56. The Bertz CT molecular complexity index is 1750. The molecule has 1 fully saturated rings.